The lowest BCUT2D eigenvalue weighted by atomic mass is 10.00. The molecule has 0 aliphatic carbocycles. The van der Waals surface area contributed by atoms with E-state index >= 15 is 0 Å². The smallest absolute Gasteiger partial charge is 0.151 e. The summed E-state index contributed by atoms with van der Waals surface area (Å²) in [7, 11) is 0. The highest BCUT2D eigenvalue weighted by molar-refractivity contribution is 5.88. The summed E-state index contributed by atoms with van der Waals surface area (Å²) < 4.78 is 8.72. The van der Waals surface area contributed by atoms with E-state index in [1.807, 2.05) is 24.5 Å². The molecule has 0 bridgehead atoms. The van der Waals surface area contributed by atoms with E-state index in [0.29, 0.717) is 19.6 Å². The number of anilines is 2. The van der Waals surface area contributed by atoms with Gasteiger partial charge in [-0.1, -0.05) is 24.3 Å². The molecule has 0 saturated carbocycles. The number of nitrogens with one attached hydrogen (secondary N) is 2. The van der Waals surface area contributed by atoms with Crippen LogP contribution in [0.15, 0.2) is 91.5 Å². The van der Waals surface area contributed by atoms with Crippen LogP contribution < -0.4 is 9.64 Å². The average molecular weight is 596 g/mol. The van der Waals surface area contributed by atoms with Crippen LogP contribution in [0.2, 0.25) is 0 Å². The third-order valence-electron chi connectivity index (χ3n) is 8.85. The highest BCUT2D eigenvalue weighted by Gasteiger charge is 2.29. The fourth-order valence-electron chi connectivity index (χ4n) is 6.53. The molecule has 0 amide bonds. The predicted octanol–water partition coefficient (Wildman–Crippen LogP) is 5.49. The molecule has 0 fully saturated rings. The van der Waals surface area contributed by atoms with Gasteiger partial charge in [-0.25, -0.2) is 0 Å². The molecule has 45 heavy (non-hydrogen) atoms. The van der Waals surface area contributed by atoms with E-state index < -0.39 is 6.10 Å². The lowest BCUT2D eigenvalue weighted by Gasteiger charge is -2.36. The van der Waals surface area contributed by atoms with Gasteiger partial charge in [0.15, 0.2) is 11.5 Å². The number of rotatable bonds is 6. The summed E-state index contributed by atoms with van der Waals surface area (Å²) in [5, 5.41) is 36.2. The normalized spacial score (nSPS) is 15.1. The van der Waals surface area contributed by atoms with E-state index in [1.54, 1.807) is 6.33 Å². The number of ether oxygens (including phenoxy) is 1. The van der Waals surface area contributed by atoms with Crippen LogP contribution in [0.1, 0.15) is 5.82 Å². The summed E-state index contributed by atoms with van der Waals surface area (Å²) in [6.07, 6.45) is 4.83. The fraction of sp³-hybridized carbons (Fsp3) is 0.176. The van der Waals surface area contributed by atoms with Crippen molar-refractivity contribution in [1.82, 2.24) is 40.1 Å². The largest absolute Gasteiger partial charge is 0.453 e. The number of nitrogens with zero attached hydrogens (tertiary/aromatic N) is 7. The van der Waals surface area contributed by atoms with Gasteiger partial charge in [0, 0.05) is 30.4 Å². The first-order chi connectivity index (χ1) is 22.1. The highest BCUT2D eigenvalue weighted by Crippen LogP contribution is 2.49. The maximum absolute atomic E-state index is 11.4. The minimum atomic E-state index is -0.607. The maximum atomic E-state index is 11.4. The molecule has 7 aromatic rings. The second kappa shape index (κ2) is 10.3. The summed E-state index contributed by atoms with van der Waals surface area (Å²) in [6.45, 7) is 3.27. The first kappa shape index (κ1) is 25.9. The Bertz CT molecular complexity index is 2080. The minimum absolute atomic E-state index is 0.410. The van der Waals surface area contributed by atoms with Crippen molar-refractivity contribution < 1.29 is 9.84 Å². The van der Waals surface area contributed by atoms with E-state index in [1.165, 1.54) is 0 Å². The van der Waals surface area contributed by atoms with Crippen molar-refractivity contribution in [3.8, 4) is 33.8 Å². The summed E-state index contributed by atoms with van der Waals surface area (Å²) in [4.78, 5) is 4.42. The fourth-order valence-corrected chi connectivity index (χ4v) is 6.53. The summed E-state index contributed by atoms with van der Waals surface area (Å²) in [6, 6.07) is 25.1. The number of hydrogen-bond donors (Lipinski definition) is 3. The standard InChI is InChI=1S/C34H29N9O2/c44-27(17-41-9-10-42-20-37-40-34(42)19-41)18-43-30-7-3-23(21-1-5-28-25(11-21)15-35-38-28)13-32(30)45-33-14-24(4-8-31(33)43)22-2-6-29-26(12-22)16-36-39-29/h1-8,11-16,20,27,44H,9-10,17-19H2,(H,35,38)(H,36,39). The van der Waals surface area contributed by atoms with Crippen LogP contribution >= 0.6 is 0 Å². The maximum Gasteiger partial charge on any atom is 0.151 e. The summed E-state index contributed by atoms with van der Waals surface area (Å²) >= 11 is 0. The average Bonchev–Trinajstić information content (AvgIpc) is 3.84. The minimum Gasteiger partial charge on any atom is -0.453 e. The first-order valence-corrected chi connectivity index (χ1v) is 15.0. The van der Waals surface area contributed by atoms with Crippen molar-refractivity contribution in [3.63, 3.8) is 0 Å². The number of aromatic nitrogens is 7. The lowest BCUT2D eigenvalue weighted by molar-refractivity contribution is 0.101. The van der Waals surface area contributed by atoms with Gasteiger partial charge < -0.3 is 19.3 Å². The molecule has 5 heterocycles. The second-order valence-electron chi connectivity index (χ2n) is 11.8. The monoisotopic (exact) mass is 595 g/mol. The Morgan fingerprint density at radius 2 is 1.33 bits per heavy atom. The summed E-state index contributed by atoms with van der Waals surface area (Å²) in [5.41, 5.74) is 8.07. The Hall–Kier alpha value is -5.52. The van der Waals surface area contributed by atoms with Gasteiger partial charge >= 0.3 is 0 Å². The van der Waals surface area contributed by atoms with E-state index in [-0.39, 0.29) is 0 Å². The van der Waals surface area contributed by atoms with Crippen molar-refractivity contribution in [1.29, 1.82) is 0 Å². The zero-order valence-corrected chi connectivity index (χ0v) is 24.3. The van der Waals surface area contributed by atoms with Crippen LogP contribution in [-0.2, 0) is 13.1 Å². The van der Waals surface area contributed by atoms with Crippen LogP contribution in [0, 0.1) is 0 Å². The Labute approximate surface area is 257 Å². The highest BCUT2D eigenvalue weighted by atomic mass is 16.5. The Morgan fingerprint density at radius 1 is 0.733 bits per heavy atom. The van der Waals surface area contributed by atoms with Crippen LogP contribution in [0.3, 0.4) is 0 Å². The molecule has 11 nitrogen and oxygen atoms in total. The molecule has 2 aliphatic rings. The number of benzene rings is 4. The zero-order chi connectivity index (χ0) is 29.9. The molecular weight excluding hydrogens is 566 g/mol. The SMILES string of the molecule is OC(CN1CCn2cnnc2C1)CN1c2ccc(-c3ccc4[nH]ncc4c3)cc2Oc2cc(-c3ccc4[nH]ncc4c3)ccc21. The molecule has 0 saturated heterocycles. The van der Waals surface area contributed by atoms with Crippen molar-refractivity contribution >= 4 is 33.2 Å². The van der Waals surface area contributed by atoms with Crippen molar-refractivity contribution in [3.05, 3.63) is 97.3 Å². The quantitative estimate of drug-likeness (QED) is 0.231. The number of hydrogen-bond acceptors (Lipinski definition) is 8. The third-order valence-corrected chi connectivity index (χ3v) is 8.85. The van der Waals surface area contributed by atoms with Crippen LogP contribution in [0.25, 0.3) is 44.1 Å². The van der Waals surface area contributed by atoms with Gasteiger partial charge in [0.25, 0.3) is 0 Å². The van der Waals surface area contributed by atoms with Gasteiger partial charge in [-0.15, -0.1) is 10.2 Å². The Balaban J connectivity index is 1.07. The number of aliphatic hydroxyl groups is 1. The van der Waals surface area contributed by atoms with E-state index in [0.717, 1.165) is 85.8 Å². The topological polar surface area (TPSA) is 124 Å². The van der Waals surface area contributed by atoms with Crippen LogP contribution in [-0.4, -0.2) is 70.9 Å². The number of β-amino-alcohol motifs (C(OH)–C–C–N with tert-alkyl or cyclic N) is 1. The van der Waals surface area contributed by atoms with Gasteiger partial charge in [-0.2, -0.15) is 10.2 Å². The van der Waals surface area contributed by atoms with Gasteiger partial charge in [0.1, 0.15) is 12.2 Å². The molecule has 222 valence electrons. The third kappa shape index (κ3) is 4.60. The lowest BCUT2D eigenvalue weighted by Crippen LogP contribution is -2.42. The molecule has 0 spiro atoms. The molecule has 11 heteroatoms. The number of H-pyrrole nitrogens is 2. The van der Waals surface area contributed by atoms with E-state index in [2.05, 4.69) is 106 Å². The molecule has 1 atom stereocenters. The number of aromatic amines is 2. The predicted molar refractivity (Wildman–Crippen MR) is 171 cm³/mol. The molecule has 3 aromatic heterocycles. The molecule has 1 unspecified atom stereocenters. The van der Waals surface area contributed by atoms with Gasteiger partial charge in [-0.3, -0.25) is 15.1 Å². The number of fused-ring (bicyclic) bond motifs is 5. The molecule has 2 aliphatic heterocycles. The van der Waals surface area contributed by atoms with E-state index in [9.17, 15) is 5.11 Å². The zero-order valence-electron chi connectivity index (χ0n) is 24.3. The Morgan fingerprint density at radius 3 is 1.98 bits per heavy atom. The van der Waals surface area contributed by atoms with Crippen molar-refractivity contribution in [2.75, 3.05) is 24.5 Å². The van der Waals surface area contributed by atoms with Gasteiger partial charge in [-0.05, 0) is 70.8 Å². The van der Waals surface area contributed by atoms with Crippen molar-refractivity contribution in [2.24, 2.45) is 0 Å². The van der Waals surface area contributed by atoms with Crippen LogP contribution in [0.4, 0.5) is 11.4 Å². The van der Waals surface area contributed by atoms with Crippen LogP contribution in [0.5, 0.6) is 11.5 Å². The molecule has 4 aromatic carbocycles. The van der Waals surface area contributed by atoms with E-state index in [4.69, 9.17) is 4.74 Å². The molecule has 9 rings (SSSR count). The first-order valence-electron chi connectivity index (χ1n) is 15.0. The second-order valence-corrected chi connectivity index (χ2v) is 11.8. The molecule has 3 N–H and O–H groups in total. The Kier molecular flexibility index (Phi) is 5.93. The van der Waals surface area contributed by atoms with Gasteiger partial charge in [0.2, 0.25) is 0 Å². The molecular formula is C34H29N9O2. The molecule has 0 radical (unpaired) electrons. The summed E-state index contributed by atoms with van der Waals surface area (Å²) in [5.74, 6) is 2.42. The van der Waals surface area contributed by atoms with Crippen molar-refractivity contribution in [2.45, 2.75) is 19.2 Å². The van der Waals surface area contributed by atoms with Gasteiger partial charge in [0.05, 0.1) is 54.0 Å². The number of aliphatic hydroxyl groups excluding tert-OH is 1.